The molecule has 148 valence electrons. The van der Waals surface area contributed by atoms with Crippen LogP contribution in [0, 0.1) is 23.7 Å². The van der Waals surface area contributed by atoms with E-state index in [0.717, 1.165) is 39.0 Å². The van der Waals surface area contributed by atoms with Crippen molar-refractivity contribution in [3.05, 3.63) is 0 Å². The lowest BCUT2D eigenvalue weighted by molar-refractivity contribution is -0.491. The van der Waals surface area contributed by atoms with E-state index in [1.54, 1.807) is 0 Å². The van der Waals surface area contributed by atoms with Crippen molar-refractivity contribution in [2.45, 2.75) is 76.4 Å². The summed E-state index contributed by atoms with van der Waals surface area (Å²) in [5, 5.41) is 0. The number of piperazine rings is 1. The van der Waals surface area contributed by atoms with Crippen molar-refractivity contribution in [2.24, 2.45) is 23.7 Å². The molecule has 26 heavy (non-hydrogen) atoms. The molecule has 0 aromatic carbocycles. The predicted octanol–water partition coefficient (Wildman–Crippen LogP) is 2.90. The number of fused-ring (bicyclic) bond motifs is 2. The molecule has 1 spiro atoms. The van der Waals surface area contributed by atoms with Crippen molar-refractivity contribution >= 4 is 0 Å². The van der Waals surface area contributed by atoms with E-state index in [2.05, 4.69) is 37.6 Å². The zero-order valence-electron chi connectivity index (χ0n) is 16.9. The highest BCUT2D eigenvalue weighted by Crippen LogP contribution is 2.61. The highest BCUT2D eigenvalue weighted by molar-refractivity contribution is 5.13. The summed E-state index contributed by atoms with van der Waals surface area (Å²) < 4.78 is 6.93. The quantitative estimate of drug-likeness (QED) is 0.669. The second-order valence-electron chi connectivity index (χ2n) is 10.2. The van der Waals surface area contributed by atoms with Crippen molar-refractivity contribution in [3.8, 4) is 0 Å². The molecule has 0 aromatic heterocycles. The summed E-state index contributed by atoms with van der Waals surface area (Å²) in [6, 6.07) is 0. The van der Waals surface area contributed by atoms with Crippen LogP contribution in [0.4, 0.5) is 0 Å². The number of ether oxygens (including phenoxy) is 1. The minimum Gasteiger partial charge on any atom is -0.356 e. The summed E-state index contributed by atoms with van der Waals surface area (Å²) in [6.45, 7) is 11.6. The Balaban J connectivity index is 1.49. The lowest BCUT2D eigenvalue weighted by Crippen LogP contribution is -2.71. The first-order chi connectivity index (χ1) is 12.4. The van der Waals surface area contributed by atoms with Crippen LogP contribution in [0.15, 0.2) is 0 Å². The third-order valence-electron chi connectivity index (χ3n) is 8.56. The molecular weight excluding hydrogens is 328 g/mol. The average Bonchev–Trinajstić information content (AvgIpc) is 2.85. The molecule has 8 atom stereocenters. The molecule has 0 aromatic rings. The van der Waals surface area contributed by atoms with Crippen molar-refractivity contribution in [2.75, 3.05) is 33.2 Å². The molecule has 4 aliphatic heterocycles. The molecule has 5 heteroatoms. The largest absolute Gasteiger partial charge is 0.356 e. The van der Waals surface area contributed by atoms with E-state index in [4.69, 9.17) is 14.5 Å². The second kappa shape index (κ2) is 6.15. The fourth-order valence-corrected chi connectivity index (χ4v) is 6.93. The van der Waals surface area contributed by atoms with Crippen LogP contribution in [0.25, 0.3) is 0 Å². The normalized spacial score (nSPS) is 55.4. The fourth-order valence-electron chi connectivity index (χ4n) is 6.93. The van der Waals surface area contributed by atoms with Gasteiger partial charge in [0.25, 0.3) is 0 Å². The Morgan fingerprint density at radius 2 is 1.69 bits per heavy atom. The van der Waals surface area contributed by atoms with Gasteiger partial charge in [0, 0.05) is 44.4 Å². The maximum Gasteiger partial charge on any atom is 0.136 e. The molecular formula is C21H36N2O3. The maximum atomic E-state index is 6.93. The Kier molecular flexibility index (Phi) is 4.23. The van der Waals surface area contributed by atoms with Gasteiger partial charge < -0.3 is 9.64 Å². The lowest BCUT2D eigenvalue weighted by Gasteiger charge is -2.62. The Hall–Kier alpha value is -0.200. The second-order valence-corrected chi connectivity index (χ2v) is 10.2. The zero-order chi connectivity index (χ0) is 18.1. The lowest BCUT2D eigenvalue weighted by atomic mass is 9.56. The summed E-state index contributed by atoms with van der Waals surface area (Å²) in [7, 11) is 2.22. The van der Waals surface area contributed by atoms with Crippen LogP contribution in [0.2, 0.25) is 0 Å². The van der Waals surface area contributed by atoms with Crippen LogP contribution >= 0.6 is 0 Å². The van der Waals surface area contributed by atoms with Gasteiger partial charge in [0.05, 0.1) is 6.10 Å². The molecule has 6 aliphatic rings. The summed E-state index contributed by atoms with van der Waals surface area (Å²) in [4.78, 5) is 17.5. The number of hydrogen-bond donors (Lipinski definition) is 0. The van der Waals surface area contributed by atoms with Crippen LogP contribution in [0.5, 0.6) is 0 Å². The van der Waals surface area contributed by atoms with Gasteiger partial charge in [0.2, 0.25) is 0 Å². The molecule has 5 nitrogen and oxygen atoms in total. The van der Waals surface area contributed by atoms with E-state index < -0.39 is 0 Å². The first-order valence-electron chi connectivity index (χ1n) is 10.9. The first-order valence-corrected chi connectivity index (χ1v) is 10.9. The van der Waals surface area contributed by atoms with E-state index >= 15 is 0 Å². The van der Waals surface area contributed by atoms with E-state index in [-0.39, 0.29) is 23.5 Å². The van der Waals surface area contributed by atoms with Gasteiger partial charge in [-0.25, -0.2) is 9.78 Å². The number of rotatable bonds is 1. The summed E-state index contributed by atoms with van der Waals surface area (Å²) in [5.41, 5.74) is -0.388. The molecule has 2 saturated carbocycles. The molecule has 6 fully saturated rings. The van der Waals surface area contributed by atoms with Gasteiger partial charge in [-0.2, -0.15) is 0 Å². The van der Waals surface area contributed by atoms with E-state index in [1.807, 2.05) is 0 Å². The predicted molar refractivity (Wildman–Crippen MR) is 99.4 cm³/mol. The van der Waals surface area contributed by atoms with E-state index in [9.17, 15) is 0 Å². The first kappa shape index (κ1) is 17.9. The standard InChI is InChI=1S/C21H36N2O3/c1-14-5-6-17-15(2)19(23-11-9-22(4)10-12-23)24-18-13-20(3)8-7-16(14)21(17,18)26-25-20/h14-19H,5-13H2,1-4H3/t14-,15?,16?,17?,18?,19?,20+,21-/m1/s1. The topological polar surface area (TPSA) is 34.2 Å². The van der Waals surface area contributed by atoms with Crippen LogP contribution in [0.1, 0.15) is 52.9 Å². The Morgan fingerprint density at radius 1 is 0.923 bits per heavy atom. The van der Waals surface area contributed by atoms with Gasteiger partial charge in [0.15, 0.2) is 0 Å². The summed E-state index contributed by atoms with van der Waals surface area (Å²) in [5.74, 6) is 2.32. The van der Waals surface area contributed by atoms with E-state index in [1.165, 1.54) is 19.3 Å². The van der Waals surface area contributed by atoms with Gasteiger partial charge in [-0.05, 0) is 51.5 Å². The monoisotopic (exact) mass is 364 g/mol. The van der Waals surface area contributed by atoms with E-state index in [0.29, 0.717) is 23.7 Å². The smallest absolute Gasteiger partial charge is 0.136 e. The fraction of sp³-hybridized carbons (Fsp3) is 1.00. The minimum absolute atomic E-state index is 0.176. The van der Waals surface area contributed by atoms with Crippen molar-refractivity contribution < 1.29 is 14.5 Å². The van der Waals surface area contributed by atoms with Crippen LogP contribution in [-0.4, -0.2) is 66.6 Å². The van der Waals surface area contributed by atoms with Gasteiger partial charge in [0.1, 0.15) is 17.4 Å². The summed E-state index contributed by atoms with van der Waals surface area (Å²) in [6.07, 6.45) is 6.31. The van der Waals surface area contributed by atoms with Crippen molar-refractivity contribution in [1.29, 1.82) is 0 Å². The molecule has 2 bridgehead atoms. The molecule has 0 radical (unpaired) electrons. The molecule has 5 unspecified atom stereocenters. The number of likely N-dealkylation sites (N-methyl/N-ethyl adjacent to an activating group) is 1. The van der Waals surface area contributed by atoms with Crippen LogP contribution < -0.4 is 0 Å². The average molecular weight is 365 g/mol. The summed E-state index contributed by atoms with van der Waals surface area (Å²) >= 11 is 0. The molecule has 6 rings (SSSR count). The Labute approximate surface area is 158 Å². The van der Waals surface area contributed by atoms with Crippen molar-refractivity contribution in [1.82, 2.24) is 9.80 Å². The highest BCUT2D eigenvalue weighted by Gasteiger charge is 2.68. The maximum absolute atomic E-state index is 6.93. The zero-order valence-corrected chi connectivity index (χ0v) is 16.9. The molecule has 4 heterocycles. The van der Waals surface area contributed by atoms with Gasteiger partial charge >= 0.3 is 0 Å². The molecule has 4 saturated heterocycles. The van der Waals surface area contributed by atoms with Gasteiger partial charge in [-0.1, -0.05) is 13.8 Å². The van der Waals surface area contributed by atoms with Gasteiger partial charge in [-0.15, -0.1) is 0 Å². The Bertz CT molecular complexity index is 551. The third kappa shape index (κ3) is 2.47. The third-order valence-corrected chi connectivity index (χ3v) is 8.56. The number of nitrogens with zero attached hydrogens (tertiary/aromatic N) is 2. The SMILES string of the molecule is CC1C(N2CCN(C)CC2)OC2C[C@]3(C)CCC4[C@H](C)CCC1[C@@]24OO3. The van der Waals surface area contributed by atoms with Crippen LogP contribution in [0.3, 0.4) is 0 Å². The van der Waals surface area contributed by atoms with Gasteiger partial charge in [-0.3, -0.25) is 4.90 Å². The van der Waals surface area contributed by atoms with Crippen molar-refractivity contribution in [3.63, 3.8) is 0 Å². The number of hydrogen-bond acceptors (Lipinski definition) is 5. The molecule has 0 N–H and O–H groups in total. The minimum atomic E-state index is -0.212. The molecule has 0 amide bonds. The van der Waals surface area contributed by atoms with Crippen LogP contribution in [-0.2, 0) is 14.5 Å². The highest BCUT2D eigenvalue weighted by atomic mass is 17.2. The Morgan fingerprint density at radius 3 is 2.46 bits per heavy atom. The molecule has 2 aliphatic carbocycles.